The molecule has 1 fully saturated rings. The van der Waals surface area contributed by atoms with Gasteiger partial charge in [-0.3, -0.25) is 4.39 Å². The van der Waals surface area contributed by atoms with Crippen molar-refractivity contribution in [3.05, 3.63) is 35.6 Å². The average Bonchev–Trinajstić information content (AvgIpc) is 2.16. The van der Waals surface area contributed by atoms with Crippen molar-refractivity contribution in [2.24, 2.45) is 5.41 Å². The summed E-state index contributed by atoms with van der Waals surface area (Å²) in [4.78, 5) is 0. The van der Waals surface area contributed by atoms with Gasteiger partial charge in [-0.05, 0) is 11.8 Å². The van der Waals surface area contributed by atoms with Gasteiger partial charge in [0.15, 0.2) is 0 Å². The summed E-state index contributed by atoms with van der Waals surface area (Å²) in [5.41, 5.74) is 1.54. The van der Waals surface area contributed by atoms with Gasteiger partial charge in [-0.25, -0.2) is 0 Å². The number of halogens is 1. The van der Waals surface area contributed by atoms with Crippen LogP contribution in [0.3, 0.4) is 0 Å². The van der Waals surface area contributed by atoms with Crippen molar-refractivity contribution in [1.29, 1.82) is 0 Å². The molecule has 0 aliphatic heterocycles. The molecule has 0 heterocycles. The van der Waals surface area contributed by atoms with Gasteiger partial charge in [0, 0.05) is 5.82 Å². The van der Waals surface area contributed by atoms with Gasteiger partial charge in [0.2, 0.25) is 0 Å². The van der Waals surface area contributed by atoms with Crippen LogP contribution in [0.15, 0.2) is 18.2 Å². The first-order valence-corrected chi connectivity index (χ1v) is 5.73. The summed E-state index contributed by atoms with van der Waals surface area (Å²) >= 11 is 0. The van der Waals surface area contributed by atoms with Gasteiger partial charge in [-0.15, -0.1) is 12.1 Å². The molecule has 1 unspecified atom stereocenters. The van der Waals surface area contributed by atoms with Gasteiger partial charge in [-0.2, -0.15) is 17.7 Å². The summed E-state index contributed by atoms with van der Waals surface area (Å²) in [7, 11) is 0. The summed E-state index contributed by atoms with van der Waals surface area (Å²) < 4.78 is 13.1. The van der Waals surface area contributed by atoms with Crippen LogP contribution in [0.5, 0.6) is 0 Å². The van der Waals surface area contributed by atoms with Gasteiger partial charge < -0.3 is 0 Å². The Labute approximate surface area is 140 Å². The van der Waals surface area contributed by atoms with Crippen molar-refractivity contribution in [3.63, 3.8) is 0 Å². The summed E-state index contributed by atoms with van der Waals surface area (Å²) in [5, 5.41) is 0. The van der Waals surface area contributed by atoms with Gasteiger partial charge in [0.25, 0.3) is 0 Å². The van der Waals surface area contributed by atoms with Crippen LogP contribution in [-0.2, 0) is 0 Å². The molecule has 82 valence electrons. The zero-order valence-corrected chi connectivity index (χ0v) is 13.6. The predicted octanol–water partition coefficient (Wildman–Crippen LogP) is 1.31. The number of hydrogen-bond donors (Lipinski definition) is 0. The minimum absolute atomic E-state index is 0. The molecule has 0 N–H and O–H groups in total. The summed E-state index contributed by atoms with van der Waals surface area (Å²) in [6, 6.07) is 7.89. The van der Waals surface area contributed by atoms with Crippen molar-refractivity contribution in [2.75, 3.05) is 0 Å². The predicted molar refractivity (Wildman–Crippen MR) is 60.2 cm³/mol. The van der Waals surface area contributed by atoms with E-state index in [1.54, 1.807) is 6.07 Å². The normalized spacial score (nSPS) is 23.6. The van der Waals surface area contributed by atoms with Crippen LogP contribution in [0.2, 0.25) is 0 Å². The minimum atomic E-state index is -0.157. The van der Waals surface area contributed by atoms with Crippen LogP contribution in [0.4, 0.5) is 4.39 Å². The van der Waals surface area contributed by atoms with E-state index in [0.717, 1.165) is 5.56 Å². The first-order valence-electron chi connectivity index (χ1n) is 5.73. The molecule has 1 aliphatic rings. The van der Waals surface area contributed by atoms with Crippen molar-refractivity contribution >= 4 is 0 Å². The molecule has 1 aromatic carbocycles. The second kappa shape index (κ2) is 6.10. The molecule has 0 radical (unpaired) electrons. The Kier molecular flexibility index (Phi) is 5.66. The first kappa shape index (κ1) is 14.8. The molecular formula is C14H18FK. The topological polar surface area (TPSA) is 0 Å². The molecule has 1 aliphatic carbocycles. The molecule has 0 amide bonds. The standard InChI is InChI=1S/C14H18F.K/c1-14(2)8-4-6-12(10-14)11-5-3-7-13(15)9-11;/h5,7,9,12H,4,6,8,10H2,1-2H3;/q-1;+1. The molecule has 0 spiro atoms. The zero-order valence-electron chi connectivity index (χ0n) is 10.5. The molecule has 1 atom stereocenters. The molecule has 0 saturated heterocycles. The van der Waals surface area contributed by atoms with E-state index in [0.29, 0.717) is 11.3 Å². The van der Waals surface area contributed by atoms with Gasteiger partial charge >= 0.3 is 51.4 Å². The second-order valence-corrected chi connectivity index (χ2v) is 5.44. The maximum atomic E-state index is 13.1. The summed E-state index contributed by atoms with van der Waals surface area (Å²) in [6.07, 6.45) is 4.92. The van der Waals surface area contributed by atoms with Crippen molar-refractivity contribution in [2.45, 2.75) is 45.4 Å². The molecule has 1 saturated carbocycles. The number of rotatable bonds is 1. The molecule has 2 heteroatoms. The number of hydrogen-bond acceptors (Lipinski definition) is 0. The van der Waals surface area contributed by atoms with E-state index in [1.807, 2.05) is 6.07 Å². The molecule has 1 aromatic rings. The maximum Gasteiger partial charge on any atom is 1.00 e. The maximum absolute atomic E-state index is 13.1. The van der Waals surface area contributed by atoms with E-state index in [9.17, 15) is 4.39 Å². The van der Waals surface area contributed by atoms with Crippen LogP contribution in [-0.4, -0.2) is 0 Å². The fourth-order valence-corrected chi connectivity index (χ4v) is 2.68. The van der Waals surface area contributed by atoms with Gasteiger partial charge in [0.1, 0.15) is 0 Å². The van der Waals surface area contributed by atoms with Gasteiger partial charge in [-0.1, -0.05) is 39.0 Å². The Morgan fingerprint density at radius 1 is 1.38 bits per heavy atom. The Balaban J connectivity index is 0.00000128. The largest absolute Gasteiger partial charge is 1.00 e. The molecule has 0 bridgehead atoms. The molecule has 2 rings (SSSR count). The third-order valence-electron chi connectivity index (χ3n) is 3.45. The van der Waals surface area contributed by atoms with Crippen molar-refractivity contribution < 1.29 is 55.8 Å². The monoisotopic (exact) mass is 244 g/mol. The Morgan fingerprint density at radius 2 is 2.12 bits per heavy atom. The van der Waals surface area contributed by atoms with E-state index in [4.69, 9.17) is 0 Å². The van der Waals surface area contributed by atoms with Crippen molar-refractivity contribution in [3.8, 4) is 0 Å². The average molecular weight is 244 g/mol. The van der Waals surface area contributed by atoms with Crippen LogP contribution >= 0.6 is 0 Å². The molecular weight excluding hydrogens is 226 g/mol. The van der Waals surface area contributed by atoms with Crippen LogP contribution in [0, 0.1) is 17.3 Å². The summed E-state index contributed by atoms with van der Waals surface area (Å²) in [6.45, 7) is 4.62. The second-order valence-electron chi connectivity index (χ2n) is 5.44. The smallest absolute Gasteiger partial charge is 0.284 e. The SMILES string of the molecule is CC1(C)CCCC(c2c[c-]cc(F)c2)C1.[K+]. The summed E-state index contributed by atoms with van der Waals surface area (Å²) in [5.74, 6) is 0.372. The van der Waals surface area contributed by atoms with E-state index in [2.05, 4.69) is 19.9 Å². The fraction of sp³-hybridized carbons (Fsp3) is 0.571. The van der Waals surface area contributed by atoms with E-state index in [1.165, 1.54) is 31.7 Å². The van der Waals surface area contributed by atoms with Gasteiger partial charge in [0.05, 0.1) is 0 Å². The third kappa shape index (κ3) is 3.92. The van der Waals surface area contributed by atoms with Crippen molar-refractivity contribution in [1.82, 2.24) is 0 Å². The number of benzene rings is 1. The first-order chi connectivity index (χ1) is 7.07. The Bertz CT molecular complexity index is 346. The van der Waals surface area contributed by atoms with Crippen LogP contribution < -0.4 is 51.4 Å². The van der Waals surface area contributed by atoms with Crippen LogP contribution in [0.1, 0.15) is 51.0 Å². The van der Waals surface area contributed by atoms with E-state index >= 15 is 0 Å². The minimum Gasteiger partial charge on any atom is -0.284 e. The Hall–Kier alpha value is 0.786. The zero-order chi connectivity index (χ0) is 10.9. The third-order valence-corrected chi connectivity index (χ3v) is 3.45. The quantitative estimate of drug-likeness (QED) is 0.516. The fourth-order valence-electron chi connectivity index (χ4n) is 2.68. The van der Waals surface area contributed by atoms with E-state index < -0.39 is 0 Å². The van der Waals surface area contributed by atoms with E-state index in [-0.39, 0.29) is 57.2 Å². The molecule has 0 nitrogen and oxygen atoms in total. The molecule has 16 heavy (non-hydrogen) atoms. The van der Waals surface area contributed by atoms with Crippen LogP contribution in [0.25, 0.3) is 0 Å². The molecule has 0 aromatic heterocycles. The Morgan fingerprint density at radius 3 is 2.75 bits per heavy atom.